The maximum atomic E-state index is 2.55. The van der Waals surface area contributed by atoms with E-state index in [-0.39, 0.29) is 13.3 Å². The van der Waals surface area contributed by atoms with Crippen molar-refractivity contribution in [2.75, 3.05) is 0 Å². The second-order valence-electron chi connectivity index (χ2n) is 8.94. The maximum Gasteiger partial charge on any atom is 0.0698 e. The summed E-state index contributed by atoms with van der Waals surface area (Å²) in [6, 6.07) is 33.1. The van der Waals surface area contributed by atoms with E-state index in [1.54, 1.807) is 5.31 Å². The average Bonchev–Trinajstić information content (AvgIpc) is 3.25. The van der Waals surface area contributed by atoms with E-state index in [9.17, 15) is 0 Å². The summed E-state index contributed by atoms with van der Waals surface area (Å²) in [5, 5.41) is 1.64. The van der Waals surface area contributed by atoms with Gasteiger partial charge in [0.2, 0.25) is 0 Å². The molecule has 0 N–H and O–H groups in total. The second kappa shape index (κ2) is 9.37. The molecular weight excluding hydrogens is 391 g/mol. The lowest BCUT2D eigenvalue weighted by atomic mass is 9.65. The topological polar surface area (TPSA) is 0 Å². The third kappa shape index (κ3) is 4.07. The molecule has 0 unspecified atom stereocenters. The summed E-state index contributed by atoms with van der Waals surface area (Å²) in [4.78, 5) is 0. The molecule has 0 heterocycles. The van der Waals surface area contributed by atoms with E-state index in [0.717, 1.165) is 6.42 Å². The third-order valence-electron chi connectivity index (χ3n) is 6.35. The van der Waals surface area contributed by atoms with Crippen LogP contribution in [0.25, 0.3) is 0 Å². The fourth-order valence-electron chi connectivity index (χ4n) is 5.28. The summed E-state index contributed by atoms with van der Waals surface area (Å²) in [5.41, 5.74) is 6.50. The van der Waals surface area contributed by atoms with Crippen LogP contribution in [0.4, 0.5) is 0 Å². The van der Waals surface area contributed by atoms with Gasteiger partial charge in [-0.2, -0.15) is 0 Å². The van der Waals surface area contributed by atoms with E-state index in [4.69, 9.17) is 0 Å². The summed E-state index contributed by atoms with van der Waals surface area (Å²) >= 11 is 0. The molecule has 0 aromatic heterocycles. The number of hydrogen-bond donors (Lipinski definition) is 0. The van der Waals surface area contributed by atoms with E-state index >= 15 is 0 Å². The molecule has 3 aromatic rings. The zero-order valence-electron chi connectivity index (χ0n) is 19.1. The molecule has 0 aliphatic heterocycles. The summed E-state index contributed by atoms with van der Waals surface area (Å²) in [6.07, 6.45) is 6.13. The van der Waals surface area contributed by atoms with Crippen LogP contribution in [0.2, 0.25) is 0 Å². The van der Waals surface area contributed by atoms with Crippen LogP contribution in [0, 0.1) is 0 Å². The number of rotatable bonds is 7. The van der Waals surface area contributed by atoms with Gasteiger partial charge >= 0.3 is 0 Å². The molecule has 158 valence electrons. The molecule has 0 saturated carbocycles. The highest BCUT2D eigenvalue weighted by atomic mass is 31.1. The highest BCUT2D eigenvalue weighted by Gasteiger charge is 2.40. The minimum atomic E-state index is -0.305. The molecule has 0 bridgehead atoms. The van der Waals surface area contributed by atoms with Gasteiger partial charge in [-0.1, -0.05) is 139 Å². The molecule has 1 aliphatic carbocycles. The lowest BCUT2D eigenvalue weighted by Crippen LogP contribution is -2.31. The fourth-order valence-corrected chi connectivity index (χ4v) is 8.39. The van der Waals surface area contributed by atoms with Crippen molar-refractivity contribution in [3.8, 4) is 0 Å². The van der Waals surface area contributed by atoms with Crippen molar-refractivity contribution in [1.82, 2.24) is 0 Å². The van der Waals surface area contributed by atoms with Crippen LogP contribution in [-0.4, -0.2) is 11.3 Å². The normalized spacial score (nSPS) is 14.3. The van der Waals surface area contributed by atoms with Gasteiger partial charge in [-0.05, 0) is 45.3 Å². The molecule has 4 rings (SSSR count). The molecule has 0 amide bonds. The van der Waals surface area contributed by atoms with Crippen molar-refractivity contribution in [1.29, 1.82) is 0 Å². The third-order valence-corrected chi connectivity index (χ3v) is 9.55. The van der Waals surface area contributed by atoms with Gasteiger partial charge in [-0.3, -0.25) is 0 Å². The van der Waals surface area contributed by atoms with E-state index in [1.165, 1.54) is 22.3 Å². The lowest BCUT2D eigenvalue weighted by molar-refractivity contribution is 0.744. The number of benzene rings is 3. The van der Waals surface area contributed by atoms with Gasteiger partial charge in [-0.15, -0.1) is 0 Å². The average molecular weight is 425 g/mol. The van der Waals surface area contributed by atoms with Crippen LogP contribution in [0.15, 0.2) is 114 Å². The molecule has 0 spiro atoms. The van der Waals surface area contributed by atoms with E-state index in [2.05, 4.69) is 131 Å². The lowest BCUT2D eigenvalue weighted by Gasteiger charge is -2.37. The van der Waals surface area contributed by atoms with Crippen molar-refractivity contribution in [2.24, 2.45) is 0 Å². The summed E-state index contributed by atoms with van der Waals surface area (Å²) < 4.78 is 0. The predicted molar refractivity (Wildman–Crippen MR) is 137 cm³/mol. The van der Waals surface area contributed by atoms with Gasteiger partial charge in [0.1, 0.15) is 0 Å². The van der Waals surface area contributed by atoms with Crippen molar-refractivity contribution < 1.29 is 0 Å². The van der Waals surface area contributed by atoms with Gasteiger partial charge in [0.15, 0.2) is 0 Å². The highest BCUT2D eigenvalue weighted by Crippen LogP contribution is 2.58. The first-order valence-corrected chi connectivity index (χ1v) is 12.9. The molecule has 31 heavy (non-hydrogen) atoms. The minimum absolute atomic E-state index is 0.151. The smallest absolute Gasteiger partial charge is 0.0698 e. The molecule has 0 saturated heterocycles. The van der Waals surface area contributed by atoms with E-state index in [1.807, 2.05) is 0 Å². The monoisotopic (exact) mass is 424 g/mol. The second-order valence-corrected chi connectivity index (χ2v) is 12.4. The molecule has 0 nitrogen and oxygen atoms in total. The first-order chi connectivity index (χ1) is 15.0. The van der Waals surface area contributed by atoms with Crippen LogP contribution in [0.1, 0.15) is 50.8 Å². The molecule has 1 heteroatoms. The Bertz CT molecular complexity index is 939. The Kier molecular flexibility index (Phi) is 6.59. The van der Waals surface area contributed by atoms with Crippen LogP contribution in [0.5, 0.6) is 0 Å². The zero-order valence-corrected chi connectivity index (χ0v) is 20.0. The van der Waals surface area contributed by atoms with Gasteiger partial charge in [0, 0.05) is 0 Å². The Morgan fingerprint density at radius 1 is 0.613 bits per heavy atom. The van der Waals surface area contributed by atoms with Gasteiger partial charge in [0.05, 0.1) is 5.41 Å². The van der Waals surface area contributed by atoms with Crippen molar-refractivity contribution in [3.05, 3.63) is 131 Å². The predicted octanol–water partition coefficient (Wildman–Crippen LogP) is 8.53. The van der Waals surface area contributed by atoms with Crippen LogP contribution in [0.3, 0.4) is 0 Å². The molecular formula is C30H33P. The summed E-state index contributed by atoms with van der Waals surface area (Å²) in [5.74, 6) is 0. The summed E-state index contributed by atoms with van der Waals surface area (Å²) in [6.45, 7) is 9.57. The Morgan fingerprint density at radius 3 is 1.35 bits per heavy atom. The zero-order chi connectivity index (χ0) is 21.8. The molecule has 0 fully saturated rings. The van der Waals surface area contributed by atoms with Gasteiger partial charge in [0.25, 0.3) is 0 Å². The fraction of sp³-hybridized carbons (Fsp3) is 0.267. The molecule has 1 aliphatic rings. The van der Waals surface area contributed by atoms with Crippen molar-refractivity contribution >= 4 is 7.92 Å². The maximum absolute atomic E-state index is 2.55. The van der Waals surface area contributed by atoms with Crippen LogP contribution in [-0.2, 0) is 5.41 Å². The van der Waals surface area contributed by atoms with Crippen LogP contribution >= 0.6 is 7.92 Å². The highest BCUT2D eigenvalue weighted by molar-refractivity contribution is 7.63. The summed E-state index contributed by atoms with van der Waals surface area (Å²) in [7, 11) is -0.151. The first kappa shape index (κ1) is 21.8. The van der Waals surface area contributed by atoms with Crippen LogP contribution < -0.4 is 0 Å². The van der Waals surface area contributed by atoms with E-state index in [0.29, 0.717) is 11.3 Å². The van der Waals surface area contributed by atoms with Crippen molar-refractivity contribution in [2.45, 2.75) is 50.8 Å². The SMILES string of the molecule is CC(C)P(C1=CC(C(c2ccccc2)(c2ccccc2)c2ccccc2)=CC1)C(C)C. The minimum Gasteiger partial charge on any atom is -0.0753 e. The van der Waals surface area contributed by atoms with Gasteiger partial charge in [-0.25, -0.2) is 0 Å². The van der Waals surface area contributed by atoms with E-state index < -0.39 is 0 Å². The number of allylic oxidation sites excluding steroid dienone is 4. The first-order valence-electron chi connectivity index (χ1n) is 11.4. The standard InChI is InChI=1S/C30H33P/c1-23(2)31(24(3)4)29-21-20-28(22-29)30(25-14-8-5-9-15-25,26-16-10-6-11-17-26)27-18-12-7-13-19-27/h5-20,22-24H,21H2,1-4H3. The Hall–Kier alpha value is -2.43. The molecule has 3 aromatic carbocycles. The quantitative estimate of drug-likeness (QED) is 0.263. The Balaban J connectivity index is 1.98. The van der Waals surface area contributed by atoms with Gasteiger partial charge < -0.3 is 0 Å². The Morgan fingerprint density at radius 2 is 1.00 bits per heavy atom. The Labute approximate surface area is 189 Å². The number of hydrogen-bond acceptors (Lipinski definition) is 0. The van der Waals surface area contributed by atoms with Crippen molar-refractivity contribution in [3.63, 3.8) is 0 Å². The largest absolute Gasteiger partial charge is 0.0753 e. The molecule has 0 atom stereocenters. The molecule has 0 radical (unpaired) electrons.